The number of anilines is 3. The monoisotopic (exact) mass is 729 g/mol. The van der Waals surface area contributed by atoms with Gasteiger partial charge in [-0.3, -0.25) is 0 Å². The molecular formula is C54H35NO2. The minimum absolute atomic E-state index is 0.897. The lowest BCUT2D eigenvalue weighted by Crippen LogP contribution is -2.09. The molecule has 0 aliphatic rings. The summed E-state index contributed by atoms with van der Waals surface area (Å²) in [5.74, 6) is 0. The number of hydrogen-bond donors (Lipinski definition) is 0. The molecule has 0 N–H and O–H groups in total. The van der Waals surface area contributed by atoms with E-state index in [0.717, 1.165) is 83.2 Å². The maximum atomic E-state index is 6.22. The van der Waals surface area contributed by atoms with Gasteiger partial charge in [0.2, 0.25) is 0 Å². The molecule has 0 aliphatic carbocycles. The van der Waals surface area contributed by atoms with Gasteiger partial charge in [0.25, 0.3) is 0 Å². The molecule has 0 aliphatic heterocycles. The highest BCUT2D eigenvalue weighted by Crippen LogP contribution is 2.40. The van der Waals surface area contributed by atoms with E-state index >= 15 is 0 Å². The number of rotatable bonds is 7. The lowest BCUT2D eigenvalue weighted by molar-refractivity contribution is 0.668. The van der Waals surface area contributed by atoms with Crippen LogP contribution < -0.4 is 4.90 Å². The Morgan fingerprint density at radius 2 is 0.526 bits per heavy atom. The maximum absolute atomic E-state index is 6.22. The van der Waals surface area contributed by atoms with Gasteiger partial charge < -0.3 is 13.7 Å². The van der Waals surface area contributed by atoms with Crippen LogP contribution in [0.5, 0.6) is 0 Å². The van der Waals surface area contributed by atoms with E-state index in [1.807, 2.05) is 24.3 Å². The molecule has 0 amide bonds. The normalized spacial score (nSPS) is 11.5. The van der Waals surface area contributed by atoms with E-state index in [4.69, 9.17) is 8.83 Å². The Morgan fingerprint density at radius 3 is 0.947 bits per heavy atom. The van der Waals surface area contributed by atoms with Crippen LogP contribution >= 0.6 is 0 Å². The summed E-state index contributed by atoms with van der Waals surface area (Å²) < 4.78 is 12.4. The Hall–Kier alpha value is -7.62. The van der Waals surface area contributed by atoms with Gasteiger partial charge in [-0.15, -0.1) is 0 Å². The molecule has 0 saturated carbocycles. The van der Waals surface area contributed by atoms with Crippen LogP contribution in [0.1, 0.15) is 0 Å². The molecule has 0 saturated heterocycles. The Labute approximate surface area is 330 Å². The number of furan rings is 2. The molecule has 268 valence electrons. The number of benzene rings is 9. The minimum atomic E-state index is 0.897. The molecule has 3 nitrogen and oxygen atoms in total. The molecule has 57 heavy (non-hydrogen) atoms. The number of fused-ring (bicyclic) bond motifs is 6. The van der Waals surface area contributed by atoms with Crippen LogP contribution in [-0.2, 0) is 0 Å². The predicted molar refractivity (Wildman–Crippen MR) is 237 cm³/mol. The molecule has 2 aromatic heterocycles. The summed E-state index contributed by atoms with van der Waals surface area (Å²) >= 11 is 0. The molecular weight excluding hydrogens is 695 g/mol. The second kappa shape index (κ2) is 13.6. The third-order valence-corrected chi connectivity index (χ3v) is 11.1. The Bertz CT molecular complexity index is 3040. The van der Waals surface area contributed by atoms with Gasteiger partial charge in [0.05, 0.1) is 0 Å². The fourth-order valence-electron chi connectivity index (χ4n) is 8.15. The van der Waals surface area contributed by atoms with Crippen molar-refractivity contribution in [2.45, 2.75) is 0 Å². The first kappa shape index (κ1) is 32.8. The molecule has 0 bridgehead atoms. The van der Waals surface area contributed by atoms with Crippen molar-refractivity contribution in [1.82, 2.24) is 0 Å². The highest BCUT2D eigenvalue weighted by atomic mass is 16.3. The zero-order valence-corrected chi connectivity index (χ0v) is 31.0. The maximum Gasteiger partial charge on any atom is 0.136 e. The first-order valence-corrected chi connectivity index (χ1v) is 19.3. The standard InChI is InChI=1S/C54H35NO2/c1-2-8-36(9-3-1)37-14-16-38(17-15-37)39-18-26-44(27-19-39)55(45-28-20-40(21-29-45)42-24-32-49-47-10-4-6-12-51(47)56-53(49)34-42)46-30-22-41(23-31-46)43-25-33-50-48-11-5-7-13-52(48)57-54(50)35-43/h1-35H. The number of nitrogens with zero attached hydrogens (tertiary/aromatic N) is 1. The summed E-state index contributed by atoms with van der Waals surface area (Å²) in [6.07, 6.45) is 0. The van der Waals surface area contributed by atoms with Crippen molar-refractivity contribution in [3.05, 3.63) is 212 Å². The molecule has 0 spiro atoms. The second-order valence-electron chi connectivity index (χ2n) is 14.5. The van der Waals surface area contributed by atoms with Gasteiger partial charge in [-0.05, 0) is 117 Å². The van der Waals surface area contributed by atoms with E-state index in [-0.39, 0.29) is 0 Å². The fraction of sp³-hybridized carbons (Fsp3) is 0. The van der Waals surface area contributed by atoms with Crippen LogP contribution in [0.2, 0.25) is 0 Å². The minimum Gasteiger partial charge on any atom is -0.456 e. The topological polar surface area (TPSA) is 29.5 Å². The average molecular weight is 730 g/mol. The van der Waals surface area contributed by atoms with Crippen molar-refractivity contribution in [3.63, 3.8) is 0 Å². The van der Waals surface area contributed by atoms with E-state index in [0.29, 0.717) is 0 Å². The SMILES string of the molecule is c1ccc(-c2ccc(-c3ccc(N(c4ccc(-c5ccc6c(c5)oc5ccccc56)cc4)c4ccc(-c5ccc6c(c5)oc5ccccc56)cc4)cc3)cc2)cc1. The molecule has 0 atom stereocenters. The molecule has 11 rings (SSSR count). The van der Waals surface area contributed by atoms with Crippen LogP contribution in [0.15, 0.2) is 221 Å². The van der Waals surface area contributed by atoms with E-state index in [1.54, 1.807) is 0 Å². The molecule has 0 radical (unpaired) electrons. The molecule has 3 heteroatoms. The molecule has 11 aromatic rings. The second-order valence-corrected chi connectivity index (χ2v) is 14.5. The van der Waals surface area contributed by atoms with E-state index in [2.05, 4.69) is 193 Å². The number of hydrogen-bond acceptors (Lipinski definition) is 3. The highest BCUT2D eigenvalue weighted by Gasteiger charge is 2.16. The van der Waals surface area contributed by atoms with Crippen LogP contribution in [0.25, 0.3) is 88.4 Å². The highest BCUT2D eigenvalue weighted by molar-refractivity contribution is 6.07. The molecule has 2 heterocycles. The van der Waals surface area contributed by atoms with Gasteiger partial charge in [0.15, 0.2) is 0 Å². The van der Waals surface area contributed by atoms with Gasteiger partial charge in [-0.1, -0.05) is 140 Å². The predicted octanol–water partition coefficient (Wildman–Crippen LogP) is 15.6. The van der Waals surface area contributed by atoms with Gasteiger partial charge in [0.1, 0.15) is 22.3 Å². The van der Waals surface area contributed by atoms with Crippen molar-refractivity contribution >= 4 is 60.9 Å². The lowest BCUT2D eigenvalue weighted by Gasteiger charge is -2.26. The average Bonchev–Trinajstić information content (AvgIpc) is 3.85. The summed E-state index contributed by atoms with van der Waals surface area (Å²) in [5.41, 5.74) is 16.1. The van der Waals surface area contributed by atoms with Gasteiger partial charge in [-0.25, -0.2) is 0 Å². The lowest BCUT2D eigenvalue weighted by atomic mass is 9.99. The molecule has 0 unspecified atom stereocenters. The van der Waals surface area contributed by atoms with E-state index < -0.39 is 0 Å². The van der Waals surface area contributed by atoms with Crippen LogP contribution in [-0.4, -0.2) is 0 Å². The Morgan fingerprint density at radius 1 is 0.228 bits per heavy atom. The van der Waals surface area contributed by atoms with Crippen LogP contribution in [0, 0.1) is 0 Å². The van der Waals surface area contributed by atoms with Crippen LogP contribution in [0.3, 0.4) is 0 Å². The zero-order valence-electron chi connectivity index (χ0n) is 31.0. The fourth-order valence-corrected chi connectivity index (χ4v) is 8.15. The van der Waals surface area contributed by atoms with Crippen molar-refractivity contribution < 1.29 is 8.83 Å². The first-order chi connectivity index (χ1) is 28.2. The largest absolute Gasteiger partial charge is 0.456 e. The van der Waals surface area contributed by atoms with Crippen molar-refractivity contribution in [2.75, 3.05) is 4.90 Å². The molecule has 0 fully saturated rings. The van der Waals surface area contributed by atoms with Gasteiger partial charge >= 0.3 is 0 Å². The number of para-hydroxylation sites is 2. The quantitative estimate of drug-likeness (QED) is 0.164. The summed E-state index contributed by atoms with van der Waals surface area (Å²) in [5, 5.41) is 4.55. The Balaban J connectivity index is 0.939. The third kappa shape index (κ3) is 5.94. The van der Waals surface area contributed by atoms with Crippen molar-refractivity contribution in [1.29, 1.82) is 0 Å². The van der Waals surface area contributed by atoms with Gasteiger partial charge in [0, 0.05) is 38.6 Å². The van der Waals surface area contributed by atoms with Crippen LogP contribution in [0.4, 0.5) is 17.1 Å². The van der Waals surface area contributed by atoms with Crippen molar-refractivity contribution in [2.24, 2.45) is 0 Å². The van der Waals surface area contributed by atoms with E-state index in [9.17, 15) is 0 Å². The Kier molecular flexibility index (Phi) is 7.82. The van der Waals surface area contributed by atoms with E-state index in [1.165, 1.54) is 22.3 Å². The zero-order chi connectivity index (χ0) is 37.7. The molecule has 9 aromatic carbocycles. The smallest absolute Gasteiger partial charge is 0.136 e. The first-order valence-electron chi connectivity index (χ1n) is 19.3. The summed E-state index contributed by atoms with van der Waals surface area (Å²) in [6.45, 7) is 0. The summed E-state index contributed by atoms with van der Waals surface area (Å²) in [7, 11) is 0. The van der Waals surface area contributed by atoms with Gasteiger partial charge in [-0.2, -0.15) is 0 Å². The summed E-state index contributed by atoms with van der Waals surface area (Å²) in [4.78, 5) is 2.32. The third-order valence-electron chi connectivity index (χ3n) is 11.1. The summed E-state index contributed by atoms with van der Waals surface area (Å²) in [6, 6.07) is 75.2. The van der Waals surface area contributed by atoms with Crippen molar-refractivity contribution in [3.8, 4) is 44.5 Å².